The number of phenolic OH excluding ortho intramolecular Hbond substituents is 1. The van der Waals surface area contributed by atoms with Gasteiger partial charge in [-0.3, -0.25) is 4.79 Å². The summed E-state index contributed by atoms with van der Waals surface area (Å²) in [6, 6.07) is 14.6. The van der Waals surface area contributed by atoms with Gasteiger partial charge in [0.05, 0.1) is 12.7 Å². The van der Waals surface area contributed by atoms with E-state index < -0.39 is 6.10 Å². The molecule has 6 nitrogen and oxygen atoms in total. The number of nitrogens with one attached hydrogen (secondary N) is 1. The van der Waals surface area contributed by atoms with E-state index in [0.29, 0.717) is 6.61 Å². The van der Waals surface area contributed by atoms with Crippen LogP contribution in [0.3, 0.4) is 0 Å². The first-order valence-corrected chi connectivity index (χ1v) is 9.56. The molecular formula is C22H30N2O4. The monoisotopic (exact) mass is 386 g/mol. The van der Waals surface area contributed by atoms with Crippen LogP contribution in [0.25, 0.3) is 0 Å². The van der Waals surface area contributed by atoms with Crippen molar-refractivity contribution in [2.24, 2.45) is 0 Å². The number of rotatable bonds is 10. The summed E-state index contributed by atoms with van der Waals surface area (Å²) < 4.78 is 4.97. The number of aliphatic hydroxyl groups excluding tert-OH is 1. The lowest BCUT2D eigenvalue weighted by atomic mass is 10.0. The number of nitrogens with zero attached hydrogens (tertiary/aromatic N) is 1. The van der Waals surface area contributed by atoms with Crippen molar-refractivity contribution in [3.63, 3.8) is 0 Å². The van der Waals surface area contributed by atoms with Gasteiger partial charge in [-0.05, 0) is 62.2 Å². The minimum atomic E-state index is -0.639. The summed E-state index contributed by atoms with van der Waals surface area (Å²) >= 11 is 0. The number of hydrogen-bond acceptors (Lipinski definition) is 6. The second-order valence-corrected chi connectivity index (χ2v) is 6.86. The third kappa shape index (κ3) is 6.55. The minimum absolute atomic E-state index is 0.112. The molecule has 0 saturated carbocycles. The van der Waals surface area contributed by atoms with E-state index in [-0.39, 0.29) is 24.3 Å². The third-order valence-electron chi connectivity index (χ3n) is 4.64. The van der Waals surface area contributed by atoms with Crippen molar-refractivity contribution < 1.29 is 19.7 Å². The van der Waals surface area contributed by atoms with Gasteiger partial charge in [0, 0.05) is 18.8 Å². The van der Waals surface area contributed by atoms with Crippen LogP contribution in [0.5, 0.6) is 5.75 Å². The summed E-state index contributed by atoms with van der Waals surface area (Å²) in [6.07, 6.45) is 0.189. The number of benzene rings is 2. The molecule has 0 bridgehead atoms. The molecule has 0 aromatic heterocycles. The average molecular weight is 386 g/mol. The fourth-order valence-corrected chi connectivity index (χ4v) is 2.92. The van der Waals surface area contributed by atoms with Crippen molar-refractivity contribution in [2.45, 2.75) is 32.4 Å². The van der Waals surface area contributed by atoms with E-state index in [1.807, 2.05) is 43.1 Å². The molecule has 0 amide bonds. The van der Waals surface area contributed by atoms with Gasteiger partial charge in [0.1, 0.15) is 12.3 Å². The summed E-state index contributed by atoms with van der Waals surface area (Å²) in [5, 5.41) is 23.1. The molecule has 2 aromatic rings. The summed E-state index contributed by atoms with van der Waals surface area (Å²) in [5.74, 6) is -0.0487. The first-order chi connectivity index (χ1) is 13.4. The van der Waals surface area contributed by atoms with E-state index in [9.17, 15) is 15.0 Å². The SMILES string of the molecule is CCOC(=O)CN(C)c1ccc(CCN[C@@H](C)[C@H](O)c2ccc(O)cc2)cc1. The van der Waals surface area contributed by atoms with Crippen molar-refractivity contribution in [1.82, 2.24) is 5.32 Å². The number of aromatic hydroxyl groups is 1. The maximum atomic E-state index is 11.6. The van der Waals surface area contributed by atoms with Gasteiger partial charge in [0.25, 0.3) is 0 Å². The Balaban J connectivity index is 1.79. The van der Waals surface area contributed by atoms with Gasteiger partial charge >= 0.3 is 5.97 Å². The number of ether oxygens (including phenoxy) is 1. The largest absolute Gasteiger partial charge is 0.508 e. The fraction of sp³-hybridized carbons (Fsp3) is 0.409. The number of hydrogen-bond donors (Lipinski definition) is 3. The van der Waals surface area contributed by atoms with E-state index in [0.717, 1.165) is 24.2 Å². The molecule has 0 aliphatic heterocycles. The van der Waals surface area contributed by atoms with Crippen LogP contribution in [0.4, 0.5) is 5.69 Å². The number of carbonyl (C=O) groups is 1. The van der Waals surface area contributed by atoms with Crippen LogP contribution in [0, 0.1) is 0 Å². The third-order valence-corrected chi connectivity index (χ3v) is 4.64. The number of carbonyl (C=O) groups excluding carboxylic acids is 1. The Morgan fingerprint density at radius 2 is 1.79 bits per heavy atom. The van der Waals surface area contributed by atoms with Crippen LogP contribution in [-0.2, 0) is 16.0 Å². The van der Waals surface area contributed by atoms with Gasteiger partial charge in [-0.1, -0.05) is 24.3 Å². The molecule has 3 N–H and O–H groups in total. The quantitative estimate of drug-likeness (QED) is 0.545. The van der Waals surface area contributed by atoms with Crippen LogP contribution in [0.2, 0.25) is 0 Å². The van der Waals surface area contributed by atoms with Crippen LogP contribution in [0.15, 0.2) is 48.5 Å². The zero-order valence-electron chi connectivity index (χ0n) is 16.8. The summed E-state index contributed by atoms with van der Waals surface area (Å²) in [5.41, 5.74) is 2.90. The summed E-state index contributed by atoms with van der Waals surface area (Å²) in [4.78, 5) is 13.4. The average Bonchev–Trinajstić information content (AvgIpc) is 2.68. The van der Waals surface area contributed by atoms with Crippen molar-refractivity contribution in [1.29, 1.82) is 0 Å². The zero-order valence-corrected chi connectivity index (χ0v) is 16.8. The molecule has 28 heavy (non-hydrogen) atoms. The molecule has 0 unspecified atom stereocenters. The molecule has 6 heteroatoms. The van der Waals surface area contributed by atoms with Crippen LogP contribution >= 0.6 is 0 Å². The van der Waals surface area contributed by atoms with Crippen molar-refractivity contribution in [3.8, 4) is 5.75 Å². The number of likely N-dealkylation sites (N-methyl/N-ethyl adjacent to an activating group) is 1. The van der Waals surface area contributed by atoms with Crippen LogP contribution in [0.1, 0.15) is 31.1 Å². The summed E-state index contributed by atoms with van der Waals surface area (Å²) in [7, 11) is 1.86. The smallest absolute Gasteiger partial charge is 0.325 e. The molecule has 0 aliphatic rings. The molecule has 0 heterocycles. The molecule has 0 fully saturated rings. The van der Waals surface area contributed by atoms with Crippen molar-refractivity contribution in [3.05, 3.63) is 59.7 Å². The molecular weight excluding hydrogens is 356 g/mol. The maximum Gasteiger partial charge on any atom is 0.325 e. The van der Waals surface area contributed by atoms with Gasteiger partial charge in [-0.25, -0.2) is 0 Å². The van der Waals surface area contributed by atoms with Gasteiger partial charge in [0.2, 0.25) is 0 Å². The topological polar surface area (TPSA) is 82.0 Å². The molecule has 2 atom stereocenters. The highest BCUT2D eigenvalue weighted by molar-refractivity contribution is 5.75. The van der Waals surface area contributed by atoms with Gasteiger partial charge < -0.3 is 25.2 Å². The molecule has 152 valence electrons. The van der Waals surface area contributed by atoms with Crippen LogP contribution < -0.4 is 10.2 Å². The van der Waals surface area contributed by atoms with E-state index in [2.05, 4.69) is 5.32 Å². The fourth-order valence-electron chi connectivity index (χ4n) is 2.92. The lowest BCUT2D eigenvalue weighted by Crippen LogP contribution is -2.33. The van der Waals surface area contributed by atoms with E-state index in [1.54, 1.807) is 31.2 Å². The van der Waals surface area contributed by atoms with E-state index in [1.165, 1.54) is 5.56 Å². The number of esters is 1. The molecule has 0 saturated heterocycles. The Bertz CT molecular complexity index is 731. The number of phenols is 1. The molecule has 0 spiro atoms. The molecule has 0 aliphatic carbocycles. The highest BCUT2D eigenvalue weighted by Crippen LogP contribution is 2.19. The van der Waals surface area contributed by atoms with Gasteiger partial charge in [0.15, 0.2) is 0 Å². The lowest BCUT2D eigenvalue weighted by Gasteiger charge is -2.21. The Hall–Kier alpha value is -2.57. The highest BCUT2D eigenvalue weighted by atomic mass is 16.5. The normalized spacial score (nSPS) is 13.0. The van der Waals surface area contributed by atoms with E-state index >= 15 is 0 Å². The Kier molecular flexibility index (Phi) is 8.29. The van der Waals surface area contributed by atoms with Crippen molar-refractivity contribution in [2.75, 3.05) is 31.6 Å². The molecule has 2 aromatic carbocycles. The van der Waals surface area contributed by atoms with Gasteiger partial charge in [-0.15, -0.1) is 0 Å². The van der Waals surface area contributed by atoms with Gasteiger partial charge in [-0.2, -0.15) is 0 Å². The number of aliphatic hydroxyl groups is 1. The molecule has 2 rings (SSSR count). The Labute approximate surface area is 166 Å². The first-order valence-electron chi connectivity index (χ1n) is 9.56. The maximum absolute atomic E-state index is 11.6. The summed E-state index contributed by atoms with van der Waals surface area (Å²) in [6.45, 7) is 5.07. The van der Waals surface area contributed by atoms with Crippen molar-refractivity contribution >= 4 is 11.7 Å². The Morgan fingerprint density at radius 1 is 1.14 bits per heavy atom. The second-order valence-electron chi connectivity index (χ2n) is 6.86. The standard InChI is InChI=1S/C22H30N2O4/c1-4-28-21(26)15-24(3)19-9-5-17(6-10-19)13-14-23-16(2)22(27)18-7-11-20(25)12-8-18/h5-12,16,22-23,25,27H,4,13-15H2,1-3H3/t16-,22-/m0/s1. The van der Waals surface area contributed by atoms with E-state index in [4.69, 9.17) is 4.74 Å². The highest BCUT2D eigenvalue weighted by Gasteiger charge is 2.15. The Morgan fingerprint density at radius 3 is 2.39 bits per heavy atom. The lowest BCUT2D eigenvalue weighted by molar-refractivity contribution is -0.141. The molecule has 0 radical (unpaired) electrons. The van der Waals surface area contributed by atoms with Crippen LogP contribution in [-0.4, -0.2) is 49.0 Å². The first kappa shape index (κ1) is 21.7. The zero-order chi connectivity index (χ0) is 20.5. The predicted octanol–water partition coefficient (Wildman–Crippen LogP) is 2.65. The minimum Gasteiger partial charge on any atom is -0.508 e. The number of anilines is 1. The second kappa shape index (κ2) is 10.7. The predicted molar refractivity (Wildman–Crippen MR) is 111 cm³/mol.